The molecule has 4 aromatic rings. The lowest BCUT2D eigenvalue weighted by Crippen LogP contribution is -2.36. The number of imidazole rings is 1. The van der Waals surface area contributed by atoms with Gasteiger partial charge in [0.2, 0.25) is 6.33 Å². The van der Waals surface area contributed by atoms with E-state index in [-0.39, 0.29) is 12.5 Å². The average Bonchev–Trinajstić information content (AvgIpc) is 3.35. The normalized spacial score (nSPS) is 12.8. The minimum atomic E-state index is -0.405. The molecule has 2 atom stereocenters. The van der Waals surface area contributed by atoms with Crippen molar-refractivity contribution in [3.05, 3.63) is 122 Å². The number of carbonyl (C=O) groups excluding carboxylic acids is 1. The van der Waals surface area contributed by atoms with Crippen molar-refractivity contribution in [1.29, 1.82) is 0 Å². The van der Waals surface area contributed by atoms with Crippen LogP contribution in [0.2, 0.25) is 20.1 Å². The van der Waals surface area contributed by atoms with Gasteiger partial charge in [-0.2, -0.15) is 0 Å². The molecule has 4 rings (SSSR count). The van der Waals surface area contributed by atoms with Crippen LogP contribution in [0.4, 0.5) is 0 Å². The summed E-state index contributed by atoms with van der Waals surface area (Å²) >= 11 is 25.1. The first-order chi connectivity index (χ1) is 18.2. The minimum absolute atomic E-state index is 0.0701. The molecule has 0 aliphatic carbocycles. The molecule has 0 fully saturated rings. The zero-order chi connectivity index (χ0) is 27.2. The summed E-state index contributed by atoms with van der Waals surface area (Å²) in [7, 11) is 0. The van der Waals surface area contributed by atoms with Crippen molar-refractivity contribution in [3.63, 3.8) is 0 Å². The van der Waals surface area contributed by atoms with Gasteiger partial charge in [-0.3, -0.25) is 4.79 Å². The van der Waals surface area contributed by atoms with Gasteiger partial charge in [0, 0.05) is 32.2 Å². The first-order valence-electron chi connectivity index (χ1n) is 12.1. The van der Waals surface area contributed by atoms with Gasteiger partial charge >= 0.3 is 0 Å². The number of hydrogen-bond donors (Lipinski definition) is 1. The van der Waals surface area contributed by atoms with Crippen molar-refractivity contribution in [1.82, 2.24) is 9.88 Å². The van der Waals surface area contributed by atoms with Gasteiger partial charge in [-0.1, -0.05) is 88.4 Å². The zero-order valence-electron chi connectivity index (χ0n) is 21.0. The number of aryl methyl sites for hydroxylation is 1. The van der Waals surface area contributed by atoms with Gasteiger partial charge in [-0.15, -0.1) is 0 Å². The molecular formula is C29H28Cl4N3O2+. The van der Waals surface area contributed by atoms with Gasteiger partial charge in [0.25, 0.3) is 5.91 Å². The Labute approximate surface area is 242 Å². The molecule has 38 heavy (non-hydrogen) atoms. The number of nitrogens with one attached hydrogen (secondary N) is 1. The van der Waals surface area contributed by atoms with Gasteiger partial charge in [-0.05, 0) is 49.2 Å². The summed E-state index contributed by atoms with van der Waals surface area (Å²) in [6.45, 7) is 5.09. The number of ether oxygens (including phenoxy) is 1. The second kappa shape index (κ2) is 13.0. The minimum Gasteiger partial charge on any atom is -0.365 e. The monoisotopic (exact) mass is 590 g/mol. The predicted molar refractivity (Wildman–Crippen MR) is 153 cm³/mol. The van der Waals surface area contributed by atoms with Crippen molar-refractivity contribution in [3.8, 4) is 0 Å². The Morgan fingerprint density at radius 2 is 1.66 bits per heavy atom. The Bertz CT molecular complexity index is 1410. The molecule has 9 heteroatoms. The second-order valence-electron chi connectivity index (χ2n) is 9.14. The van der Waals surface area contributed by atoms with Gasteiger partial charge in [0.05, 0.1) is 6.61 Å². The molecule has 1 N–H and O–H groups in total. The summed E-state index contributed by atoms with van der Waals surface area (Å²) in [6, 6.07) is 18.3. The Morgan fingerprint density at radius 3 is 2.34 bits per heavy atom. The third-order valence-electron chi connectivity index (χ3n) is 6.27. The van der Waals surface area contributed by atoms with Crippen molar-refractivity contribution >= 4 is 52.3 Å². The number of amides is 1. The fourth-order valence-corrected chi connectivity index (χ4v) is 4.94. The summed E-state index contributed by atoms with van der Waals surface area (Å²) in [5.74, 6) is -0.0701. The van der Waals surface area contributed by atoms with Crippen molar-refractivity contribution in [2.75, 3.05) is 0 Å². The number of rotatable bonds is 10. The summed E-state index contributed by atoms with van der Waals surface area (Å²) in [4.78, 5) is 12.8. The number of halogens is 4. The van der Waals surface area contributed by atoms with Crippen LogP contribution >= 0.6 is 46.4 Å². The van der Waals surface area contributed by atoms with Crippen LogP contribution in [0.1, 0.15) is 41.3 Å². The van der Waals surface area contributed by atoms with E-state index >= 15 is 0 Å². The zero-order valence-corrected chi connectivity index (χ0v) is 24.0. The van der Waals surface area contributed by atoms with Crippen LogP contribution in [-0.2, 0) is 29.2 Å². The number of hydrogen-bond acceptors (Lipinski definition) is 2. The van der Waals surface area contributed by atoms with Gasteiger partial charge in [0.15, 0.2) is 6.04 Å². The SMILES string of the molecule is Cc1ccc(CNC(=O)C(C)n2cc[n+](CC(OCc3ccc(Cl)cc3Cl)c3ccc(Cl)cc3Cl)c2)cc1. The maximum Gasteiger partial charge on any atom is 0.265 e. The first-order valence-corrected chi connectivity index (χ1v) is 13.6. The fraction of sp³-hybridized carbons (Fsp3) is 0.241. The molecule has 1 amide bonds. The first kappa shape index (κ1) is 28.5. The second-order valence-corrected chi connectivity index (χ2v) is 10.8. The topological polar surface area (TPSA) is 47.1 Å². The molecule has 1 heterocycles. The standard InChI is InChI=1S/C29H27Cl4N3O2/c1-19-3-5-21(6-4-19)15-34-29(37)20(2)36-12-11-35(18-36)16-28(25-10-9-24(31)14-27(25)33)38-17-22-7-8-23(30)13-26(22)32/h3-14,18,20,28H,15-17H2,1-2H3/p+1. The van der Waals surface area contributed by atoms with Crippen LogP contribution in [0.3, 0.4) is 0 Å². The number of aromatic nitrogens is 2. The van der Waals surface area contributed by atoms with Crippen LogP contribution < -0.4 is 9.88 Å². The quantitative estimate of drug-likeness (QED) is 0.194. The van der Waals surface area contributed by atoms with Gasteiger partial charge in [-0.25, -0.2) is 9.13 Å². The molecule has 3 aromatic carbocycles. The van der Waals surface area contributed by atoms with E-state index in [9.17, 15) is 4.79 Å². The van der Waals surface area contributed by atoms with Gasteiger partial charge < -0.3 is 10.1 Å². The fourth-order valence-electron chi connectivity index (χ4n) is 3.95. The van der Waals surface area contributed by atoms with E-state index in [0.29, 0.717) is 33.2 Å². The molecule has 198 valence electrons. The number of benzene rings is 3. The number of nitrogens with zero attached hydrogens (tertiary/aromatic N) is 2. The highest BCUT2D eigenvalue weighted by Crippen LogP contribution is 2.31. The molecule has 0 radical (unpaired) electrons. The molecule has 2 unspecified atom stereocenters. The van der Waals surface area contributed by atoms with Crippen LogP contribution in [0, 0.1) is 6.92 Å². The smallest absolute Gasteiger partial charge is 0.265 e. The van der Waals surface area contributed by atoms with Crippen LogP contribution in [0.5, 0.6) is 0 Å². The van der Waals surface area contributed by atoms with Crippen LogP contribution in [0.15, 0.2) is 79.4 Å². The predicted octanol–water partition coefficient (Wildman–Crippen LogP) is 7.53. The Kier molecular flexibility index (Phi) is 9.74. The van der Waals surface area contributed by atoms with E-state index in [2.05, 4.69) is 5.32 Å². The third-order valence-corrected chi connectivity index (χ3v) is 7.42. The van der Waals surface area contributed by atoms with E-state index in [1.54, 1.807) is 24.3 Å². The lowest BCUT2D eigenvalue weighted by atomic mass is 10.1. The molecule has 0 saturated heterocycles. The van der Waals surface area contributed by atoms with Crippen molar-refractivity contribution < 1.29 is 14.1 Å². The number of carbonyl (C=O) groups is 1. The highest BCUT2D eigenvalue weighted by Gasteiger charge is 2.23. The molecule has 5 nitrogen and oxygen atoms in total. The summed E-state index contributed by atoms with van der Waals surface area (Å²) in [5.41, 5.74) is 3.85. The molecule has 0 aliphatic rings. The van der Waals surface area contributed by atoms with E-state index in [1.165, 1.54) is 5.56 Å². The molecule has 0 saturated carbocycles. The van der Waals surface area contributed by atoms with E-state index < -0.39 is 12.1 Å². The summed E-state index contributed by atoms with van der Waals surface area (Å²) < 4.78 is 10.1. The maximum atomic E-state index is 12.8. The molecule has 1 aromatic heterocycles. The Hall–Kier alpha value is -2.54. The lowest BCUT2D eigenvalue weighted by Gasteiger charge is -2.19. The average molecular weight is 592 g/mol. The Morgan fingerprint density at radius 1 is 0.974 bits per heavy atom. The lowest BCUT2D eigenvalue weighted by molar-refractivity contribution is -0.705. The van der Waals surface area contributed by atoms with Crippen molar-refractivity contribution in [2.24, 2.45) is 0 Å². The molecule has 0 aliphatic heterocycles. The van der Waals surface area contributed by atoms with Crippen LogP contribution in [0.25, 0.3) is 0 Å². The van der Waals surface area contributed by atoms with Crippen LogP contribution in [-0.4, -0.2) is 10.5 Å². The maximum absolute atomic E-state index is 12.8. The van der Waals surface area contributed by atoms with Gasteiger partial charge in [0.1, 0.15) is 25.0 Å². The van der Waals surface area contributed by atoms with Crippen molar-refractivity contribution in [2.45, 2.75) is 45.7 Å². The van der Waals surface area contributed by atoms with E-state index in [4.69, 9.17) is 51.1 Å². The van der Waals surface area contributed by atoms with E-state index in [0.717, 1.165) is 16.7 Å². The highest BCUT2D eigenvalue weighted by atomic mass is 35.5. The highest BCUT2D eigenvalue weighted by molar-refractivity contribution is 6.35. The summed E-state index contributed by atoms with van der Waals surface area (Å²) in [5, 5.41) is 5.15. The third kappa shape index (κ3) is 7.52. The Balaban J connectivity index is 1.46. The summed E-state index contributed by atoms with van der Waals surface area (Å²) in [6.07, 6.45) is 5.25. The molecule has 0 spiro atoms. The van der Waals surface area contributed by atoms with E-state index in [1.807, 2.05) is 78.1 Å². The molecule has 0 bridgehead atoms. The largest absolute Gasteiger partial charge is 0.365 e. The molecular weight excluding hydrogens is 564 g/mol.